The minimum Gasteiger partial charge on any atom is -0.490 e. The van der Waals surface area contributed by atoms with Crippen LogP contribution in [0, 0.1) is 13.8 Å². The smallest absolute Gasteiger partial charge is 0.335 e. The number of carboxylic acids is 1. The lowest BCUT2D eigenvalue weighted by molar-refractivity contribution is -0.122. The second kappa shape index (κ2) is 6.41. The van der Waals surface area contributed by atoms with E-state index >= 15 is 0 Å². The van der Waals surface area contributed by atoms with Gasteiger partial charge in [0.1, 0.15) is 5.75 Å². The summed E-state index contributed by atoms with van der Waals surface area (Å²) in [5.74, 6) is -0.132. The standard InChI is InChI=1S/C22H23NO4/c1-13-3-5-17(11-14(13)2)27-16-7-9-22(10-8-16)18-12-15(20(24)25)4-6-19(18)23-21(22)26/h3-6,11-12,16H,7-10H2,1-2H3,(H,23,26)(H,24,25). The van der Waals surface area contributed by atoms with Gasteiger partial charge in [-0.2, -0.15) is 0 Å². The number of benzene rings is 2. The number of fused-ring (bicyclic) bond motifs is 2. The summed E-state index contributed by atoms with van der Waals surface area (Å²) in [6.07, 6.45) is 2.90. The molecule has 140 valence electrons. The Balaban J connectivity index is 1.53. The lowest BCUT2D eigenvalue weighted by Crippen LogP contribution is -2.41. The number of aromatic carboxylic acids is 1. The molecule has 0 unspecified atom stereocenters. The maximum atomic E-state index is 12.7. The van der Waals surface area contributed by atoms with Crippen molar-refractivity contribution in [3.05, 3.63) is 58.7 Å². The zero-order valence-corrected chi connectivity index (χ0v) is 15.5. The predicted molar refractivity (Wildman–Crippen MR) is 103 cm³/mol. The quantitative estimate of drug-likeness (QED) is 0.854. The van der Waals surface area contributed by atoms with E-state index in [1.165, 1.54) is 17.2 Å². The topological polar surface area (TPSA) is 75.6 Å². The van der Waals surface area contributed by atoms with Gasteiger partial charge in [-0.05, 0) is 86.6 Å². The number of hydrogen-bond donors (Lipinski definition) is 2. The summed E-state index contributed by atoms with van der Waals surface area (Å²) in [7, 11) is 0. The minimum absolute atomic E-state index is 0.0235. The average molecular weight is 365 g/mol. The fourth-order valence-electron chi connectivity index (χ4n) is 4.22. The molecule has 27 heavy (non-hydrogen) atoms. The van der Waals surface area contributed by atoms with Crippen LogP contribution < -0.4 is 10.1 Å². The van der Waals surface area contributed by atoms with Crippen molar-refractivity contribution in [2.75, 3.05) is 5.32 Å². The van der Waals surface area contributed by atoms with Gasteiger partial charge in [-0.25, -0.2) is 4.79 Å². The van der Waals surface area contributed by atoms with Crippen LogP contribution in [0.3, 0.4) is 0 Å². The van der Waals surface area contributed by atoms with Gasteiger partial charge in [0.25, 0.3) is 0 Å². The molecule has 0 atom stereocenters. The van der Waals surface area contributed by atoms with E-state index in [1.807, 2.05) is 6.07 Å². The van der Waals surface area contributed by atoms with Gasteiger partial charge in [0.2, 0.25) is 5.91 Å². The molecule has 1 fully saturated rings. The number of nitrogens with one attached hydrogen (secondary N) is 1. The molecule has 2 aromatic rings. The molecule has 0 radical (unpaired) electrons. The molecule has 1 aliphatic heterocycles. The van der Waals surface area contributed by atoms with Gasteiger partial charge < -0.3 is 15.2 Å². The van der Waals surface area contributed by atoms with Crippen molar-refractivity contribution in [1.29, 1.82) is 0 Å². The Labute approximate surface area is 158 Å². The van der Waals surface area contributed by atoms with E-state index in [9.17, 15) is 14.7 Å². The molecule has 2 N–H and O–H groups in total. The Bertz CT molecular complexity index is 926. The number of aryl methyl sites for hydroxylation is 2. The first kappa shape index (κ1) is 17.6. The van der Waals surface area contributed by atoms with Gasteiger partial charge in [-0.15, -0.1) is 0 Å². The summed E-state index contributed by atoms with van der Waals surface area (Å²) in [6, 6.07) is 11.0. The molecule has 1 heterocycles. The number of ether oxygens (including phenoxy) is 1. The number of carboxylic acid groups (broad SMARTS) is 1. The zero-order valence-electron chi connectivity index (χ0n) is 15.5. The average Bonchev–Trinajstić information content (AvgIpc) is 2.91. The van der Waals surface area contributed by atoms with Crippen LogP contribution in [0.2, 0.25) is 0 Å². The van der Waals surface area contributed by atoms with Crippen molar-refractivity contribution in [3.63, 3.8) is 0 Å². The summed E-state index contributed by atoms with van der Waals surface area (Å²) in [5.41, 5.74) is 3.57. The summed E-state index contributed by atoms with van der Waals surface area (Å²) < 4.78 is 6.15. The van der Waals surface area contributed by atoms with Crippen molar-refractivity contribution in [2.24, 2.45) is 0 Å². The SMILES string of the molecule is Cc1ccc(OC2CCC3(CC2)C(=O)Nc2ccc(C(=O)O)cc23)cc1C. The van der Waals surface area contributed by atoms with Crippen LogP contribution in [0.4, 0.5) is 5.69 Å². The third-order valence-corrected chi connectivity index (χ3v) is 6.03. The number of carbonyl (C=O) groups is 2. The van der Waals surface area contributed by atoms with Crippen LogP contribution in [0.15, 0.2) is 36.4 Å². The Morgan fingerprint density at radius 3 is 2.52 bits per heavy atom. The Hall–Kier alpha value is -2.82. The molecular formula is C22H23NO4. The third-order valence-electron chi connectivity index (χ3n) is 6.03. The molecule has 0 bridgehead atoms. The molecule has 1 spiro atoms. The highest BCUT2D eigenvalue weighted by molar-refractivity contribution is 6.07. The lowest BCUT2D eigenvalue weighted by atomic mass is 9.69. The molecule has 2 aromatic carbocycles. The molecule has 0 aromatic heterocycles. The second-order valence-corrected chi connectivity index (χ2v) is 7.67. The third kappa shape index (κ3) is 2.97. The molecular weight excluding hydrogens is 342 g/mol. The number of anilines is 1. The fraction of sp³-hybridized carbons (Fsp3) is 0.364. The Morgan fingerprint density at radius 2 is 1.85 bits per heavy atom. The highest BCUT2D eigenvalue weighted by Gasteiger charge is 2.49. The predicted octanol–water partition coefficient (Wildman–Crippen LogP) is 4.21. The second-order valence-electron chi connectivity index (χ2n) is 7.67. The van der Waals surface area contributed by atoms with Gasteiger partial charge in [0.05, 0.1) is 17.1 Å². The number of hydrogen-bond acceptors (Lipinski definition) is 3. The van der Waals surface area contributed by atoms with Crippen LogP contribution in [0.25, 0.3) is 0 Å². The van der Waals surface area contributed by atoms with E-state index in [1.54, 1.807) is 12.1 Å². The first-order valence-electron chi connectivity index (χ1n) is 9.32. The molecule has 1 saturated carbocycles. The van der Waals surface area contributed by atoms with Gasteiger partial charge in [0.15, 0.2) is 0 Å². The summed E-state index contributed by atoms with van der Waals surface area (Å²) >= 11 is 0. The number of rotatable bonds is 3. The zero-order chi connectivity index (χ0) is 19.2. The summed E-state index contributed by atoms with van der Waals surface area (Å²) in [6.45, 7) is 4.14. The molecule has 5 heteroatoms. The highest BCUT2D eigenvalue weighted by atomic mass is 16.5. The highest BCUT2D eigenvalue weighted by Crippen LogP contribution is 2.48. The lowest BCUT2D eigenvalue weighted by Gasteiger charge is -2.35. The molecule has 1 amide bonds. The van der Waals surface area contributed by atoms with Crippen molar-refractivity contribution >= 4 is 17.6 Å². The van der Waals surface area contributed by atoms with Gasteiger partial charge in [-0.3, -0.25) is 4.79 Å². The van der Waals surface area contributed by atoms with Gasteiger partial charge in [0, 0.05) is 5.69 Å². The molecule has 0 saturated heterocycles. The van der Waals surface area contributed by atoms with E-state index in [0.717, 1.165) is 29.8 Å². The maximum absolute atomic E-state index is 12.7. The van der Waals surface area contributed by atoms with E-state index < -0.39 is 11.4 Å². The van der Waals surface area contributed by atoms with E-state index in [2.05, 4.69) is 31.3 Å². The van der Waals surface area contributed by atoms with Crippen LogP contribution in [0.5, 0.6) is 5.75 Å². The van der Waals surface area contributed by atoms with Gasteiger partial charge >= 0.3 is 5.97 Å². The summed E-state index contributed by atoms with van der Waals surface area (Å²) in [4.78, 5) is 24.1. The largest absolute Gasteiger partial charge is 0.490 e. The minimum atomic E-state index is -0.973. The first-order valence-corrected chi connectivity index (χ1v) is 9.32. The first-order chi connectivity index (χ1) is 12.9. The number of amides is 1. The van der Waals surface area contributed by atoms with Gasteiger partial charge in [-0.1, -0.05) is 6.07 Å². The Kier molecular flexibility index (Phi) is 4.17. The van der Waals surface area contributed by atoms with Crippen molar-refractivity contribution < 1.29 is 19.4 Å². The van der Waals surface area contributed by atoms with Crippen molar-refractivity contribution in [1.82, 2.24) is 0 Å². The molecule has 2 aliphatic rings. The van der Waals surface area contributed by atoms with Crippen molar-refractivity contribution in [3.8, 4) is 5.75 Å². The monoisotopic (exact) mass is 365 g/mol. The maximum Gasteiger partial charge on any atom is 0.335 e. The van der Waals surface area contributed by atoms with Crippen LogP contribution in [-0.2, 0) is 10.2 Å². The van der Waals surface area contributed by atoms with Crippen molar-refractivity contribution in [2.45, 2.75) is 51.0 Å². The molecule has 1 aliphatic carbocycles. The van der Waals surface area contributed by atoms with Crippen LogP contribution >= 0.6 is 0 Å². The summed E-state index contributed by atoms with van der Waals surface area (Å²) in [5, 5.41) is 12.2. The van der Waals surface area contributed by atoms with E-state index in [-0.39, 0.29) is 17.6 Å². The molecule has 4 rings (SSSR count). The van der Waals surface area contributed by atoms with Crippen LogP contribution in [0.1, 0.15) is 52.7 Å². The van der Waals surface area contributed by atoms with E-state index in [0.29, 0.717) is 12.8 Å². The fourth-order valence-corrected chi connectivity index (χ4v) is 4.22. The Morgan fingerprint density at radius 1 is 1.11 bits per heavy atom. The van der Waals surface area contributed by atoms with Crippen LogP contribution in [-0.4, -0.2) is 23.1 Å². The van der Waals surface area contributed by atoms with E-state index in [4.69, 9.17) is 4.74 Å². The molecule has 5 nitrogen and oxygen atoms in total. The number of carbonyl (C=O) groups excluding carboxylic acids is 1. The normalized spacial score (nSPS) is 23.8.